The zero-order chi connectivity index (χ0) is 14.4. The molecule has 0 saturated heterocycles. The Kier molecular flexibility index (Phi) is 5.60. The fourth-order valence-corrected chi connectivity index (χ4v) is 2.93. The van der Waals surface area contributed by atoms with Crippen LogP contribution in [0, 0.1) is 0 Å². The van der Waals surface area contributed by atoms with Gasteiger partial charge in [-0.3, -0.25) is 10.1 Å². The minimum atomic E-state index is -0.453. The Labute approximate surface area is 125 Å². The number of hydrogen-bond acceptors (Lipinski definition) is 7. The molecular weight excluding hydrogens is 298 g/mol. The smallest absolute Gasteiger partial charge is 0.321 e. The van der Waals surface area contributed by atoms with Crippen molar-refractivity contribution >= 4 is 40.2 Å². The molecule has 110 valence electrons. The van der Waals surface area contributed by atoms with E-state index in [2.05, 4.69) is 26.1 Å². The Balaban J connectivity index is 1.67. The lowest BCUT2D eigenvalue weighted by atomic mass is 10.5. The molecule has 3 amide bonds. The molecule has 20 heavy (non-hydrogen) atoms. The molecule has 0 unspecified atom stereocenters. The van der Waals surface area contributed by atoms with Crippen molar-refractivity contribution in [3.8, 4) is 0 Å². The maximum Gasteiger partial charge on any atom is 0.321 e. The summed E-state index contributed by atoms with van der Waals surface area (Å²) in [5, 5.41) is 16.9. The van der Waals surface area contributed by atoms with Crippen LogP contribution in [0.5, 0.6) is 0 Å². The summed E-state index contributed by atoms with van der Waals surface area (Å²) in [5.41, 5.74) is 0. The molecule has 0 radical (unpaired) electrons. The highest BCUT2D eigenvalue weighted by Gasteiger charge is 2.22. The zero-order valence-electron chi connectivity index (χ0n) is 11.1. The van der Waals surface area contributed by atoms with E-state index in [4.69, 9.17) is 0 Å². The van der Waals surface area contributed by atoms with Crippen molar-refractivity contribution in [1.82, 2.24) is 20.8 Å². The number of urea groups is 1. The third-order valence-corrected chi connectivity index (χ3v) is 4.41. The van der Waals surface area contributed by atoms with Gasteiger partial charge in [0.1, 0.15) is 0 Å². The lowest BCUT2D eigenvalue weighted by Gasteiger charge is -2.04. The monoisotopic (exact) mass is 315 g/mol. The Morgan fingerprint density at radius 3 is 2.90 bits per heavy atom. The summed E-state index contributed by atoms with van der Waals surface area (Å²) >= 11 is 2.70. The molecule has 0 spiro atoms. The number of carbonyl (C=O) groups excluding carboxylic acids is 2. The van der Waals surface area contributed by atoms with Crippen molar-refractivity contribution in [3.05, 3.63) is 0 Å². The Bertz CT molecular complexity index is 475. The third-order valence-electron chi connectivity index (χ3n) is 2.43. The summed E-state index contributed by atoms with van der Waals surface area (Å²) in [6.07, 6.45) is 3.19. The van der Waals surface area contributed by atoms with Gasteiger partial charge >= 0.3 is 6.03 Å². The lowest BCUT2D eigenvalue weighted by molar-refractivity contribution is -0.117. The van der Waals surface area contributed by atoms with Gasteiger partial charge in [0.05, 0.1) is 5.75 Å². The van der Waals surface area contributed by atoms with Gasteiger partial charge < -0.3 is 10.6 Å². The average Bonchev–Trinajstić information content (AvgIpc) is 3.11. The van der Waals surface area contributed by atoms with E-state index in [0.29, 0.717) is 12.6 Å². The van der Waals surface area contributed by atoms with Crippen LogP contribution >= 0.6 is 23.1 Å². The Hall–Kier alpha value is -1.35. The standard InChI is InChI=1S/C11H17N5O2S2/c1-2-5-12-9(18)14-8(17)6-19-11-16-15-10(20-11)13-7-3-4-7/h7H,2-6H2,1H3,(H,13,15)(H2,12,14,17,18). The highest BCUT2D eigenvalue weighted by molar-refractivity contribution is 8.01. The minimum absolute atomic E-state index is 0.150. The molecule has 0 aromatic carbocycles. The minimum Gasteiger partial charge on any atom is -0.357 e. The Morgan fingerprint density at radius 2 is 2.20 bits per heavy atom. The number of carbonyl (C=O) groups is 2. The number of thioether (sulfide) groups is 1. The van der Waals surface area contributed by atoms with E-state index in [-0.39, 0.29) is 11.7 Å². The molecule has 1 fully saturated rings. The maximum absolute atomic E-state index is 11.5. The number of rotatable bonds is 7. The molecule has 1 aliphatic rings. The van der Waals surface area contributed by atoms with Gasteiger partial charge in [-0.25, -0.2) is 4.79 Å². The summed E-state index contributed by atoms with van der Waals surface area (Å²) in [4.78, 5) is 22.8. The predicted octanol–water partition coefficient (Wildman–Crippen LogP) is 1.44. The highest BCUT2D eigenvalue weighted by atomic mass is 32.2. The Morgan fingerprint density at radius 1 is 1.40 bits per heavy atom. The van der Waals surface area contributed by atoms with Gasteiger partial charge in [0.2, 0.25) is 11.0 Å². The number of imide groups is 1. The van der Waals surface area contributed by atoms with Crippen molar-refractivity contribution in [2.24, 2.45) is 0 Å². The summed E-state index contributed by atoms with van der Waals surface area (Å²) < 4.78 is 0.720. The molecule has 1 aromatic heterocycles. The van der Waals surface area contributed by atoms with Gasteiger partial charge in [0, 0.05) is 12.6 Å². The van der Waals surface area contributed by atoms with Crippen molar-refractivity contribution in [2.45, 2.75) is 36.6 Å². The third kappa shape index (κ3) is 5.33. The first-order valence-corrected chi connectivity index (χ1v) is 8.28. The van der Waals surface area contributed by atoms with Crippen LogP contribution in [0.4, 0.5) is 9.93 Å². The van der Waals surface area contributed by atoms with Gasteiger partial charge in [0.25, 0.3) is 0 Å². The van der Waals surface area contributed by atoms with E-state index >= 15 is 0 Å². The van der Waals surface area contributed by atoms with Gasteiger partial charge in [-0.2, -0.15) is 0 Å². The van der Waals surface area contributed by atoms with Crippen LogP contribution in [0.2, 0.25) is 0 Å². The van der Waals surface area contributed by atoms with Crippen LogP contribution < -0.4 is 16.0 Å². The van der Waals surface area contributed by atoms with Gasteiger partial charge in [-0.15, -0.1) is 10.2 Å². The molecule has 3 N–H and O–H groups in total. The number of anilines is 1. The zero-order valence-corrected chi connectivity index (χ0v) is 12.8. The normalized spacial score (nSPS) is 13.8. The van der Waals surface area contributed by atoms with E-state index in [9.17, 15) is 9.59 Å². The average molecular weight is 315 g/mol. The molecule has 1 aliphatic carbocycles. The molecule has 9 heteroatoms. The second-order valence-corrected chi connectivity index (χ2v) is 6.58. The van der Waals surface area contributed by atoms with E-state index in [1.54, 1.807) is 0 Å². The fourth-order valence-electron chi connectivity index (χ4n) is 1.30. The molecule has 2 rings (SSSR count). The molecule has 1 heterocycles. The first-order valence-electron chi connectivity index (χ1n) is 6.48. The molecule has 0 atom stereocenters. The van der Waals surface area contributed by atoms with Crippen molar-refractivity contribution in [1.29, 1.82) is 0 Å². The van der Waals surface area contributed by atoms with Crippen LogP contribution in [0.15, 0.2) is 4.34 Å². The number of amides is 3. The molecule has 0 bridgehead atoms. The first kappa shape index (κ1) is 15.0. The van der Waals surface area contributed by atoms with E-state index in [1.807, 2.05) is 6.92 Å². The van der Waals surface area contributed by atoms with Gasteiger partial charge in [0.15, 0.2) is 4.34 Å². The molecule has 7 nitrogen and oxygen atoms in total. The summed E-state index contributed by atoms with van der Waals surface area (Å²) in [7, 11) is 0. The fraction of sp³-hybridized carbons (Fsp3) is 0.636. The molecule has 1 saturated carbocycles. The molecule has 1 aromatic rings. The van der Waals surface area contributed by atoms with Crippen molar-refractivity contribution in [3.63, 3.8) is 0 Å². The topological polar surface area (TPSA) is 96.0 Å². The first-order chi connectivity index (χ1) is 9.67. The second-order valence-electron chi connectivity index (χ2n) is 4.38. The van der Waals surface area contributed by atoms with Crippen molar-refractivity contribution < 1.29 is 9.59 Å². The van der Waals surface area contributed by atoms with Gasteiger partial charge in [-0.1, -0.05) is 30.0 Å². The number of nitrogens with one attached hydrogen (secondary N) is 3. The SMILES string of the molecule is CCCNC(=O)NC(=O)CSc1nnc(NC2CC2)s1. The quantitative estimate of drug-likeness (QED) is 0.659. The van der Waals surface area contributed by atoms with Crippen LogP contribution in [-0.4, -0.2) is 40.5 Å². The lowest BCUT2D eigenvalue weighted by Crippen LogP contribution is -2.40. The van der Waals surface area contributed by atoms with Crippen LogP contribution in [0.25, 0.3) is 0 Å². The van der Waals surface area contributed by atoms with E-state index < -0.39 is 6.03 Å². The van der Waals surface area contributed by atoms with Gasteiger partial charge in [-0.05, 0) is 19.3 Å². The van der Waals surface area contributed by atoms with Crippen LogP contribution in [-0.2, 0) is 4.79 Å². The number of aromatic nitrogens is 2. The number of hydrogen-bond donors (Lipinski definition) is 3. The summed E-state index contributed by atoms with van der Waals surface area (Å²) in [6.45, 7) is 2.50. The predicted molar refractivity (Wildman–Crippen MR) is 79.1 cm³/mol. The summed E-state index contributed by atoms with van der Waals surface area (Å²) in [6, 6.07) is 0.0807. The van der Waals surface area contributed by atoms with E-state index in [1.165, 1.54) is 35.9 Å². The maximum atomic E-state index is 11.5. The largest absolute Gasteiger partial charge is 0.357 e. The molecular formula is C11H17N5O2S2. The van der Waals surface area contributed by atoms with Crippen LogP contribution in [0.3, 0.4) is 0 Å². The summed E-state index contributed by atoms with van der Waals surface area (Å²) in [5.74, 6) is -0.187. The molecule has 0 aliphatic heterocycles. The van der Waals surface area contributed by atoms with E-state index in [0.717, 1.165) is 15.9 Å². The van der Waals surface area contributed by atoms with Crippen LogP contribution in [0.1, 0.15) is 26.2 Å². The van der Waals surface area contributed by atoms with Crippen molar-refractivity contribution in [2.75, 3.05) is 17.6 Å². The number of nitrogens with zero attached hydrogens (tertiary/aromatic N) is 2. The highest BCUT2D eigenvalue weighted by Crippen LogP contribution is 2.29. The second kappa shape index (κ2) is 7.44.